The minimum atomic E-state index is -0.0929. The maximum absolute atomic E-state index is 12.4. The molecule has 5 nitrogen and oxygen atoms in total. The third-order valence-electron chi connectivity index (χ3n) is 4.00. The van der Waals surface area contributed by atoms with Gasteiger partial charge in [-0.05, 0) is 45.0 Å². The van der Waals surface area contributed by atoms with Crippen LogP contribution < -0.4 is 10.6 Å². The van der Waals surface area contributed by atoms with Gasteiger partial charge in [0.2, 0.25) is 5.91 Å². The molecule has 2 amide bonds. The highest BCUT2D eigenvalue weighted by Gasteiger charge is 2.23. The Balaban J connectivity index is 2.16. The molecule has 2 N–H and O–H groups in total. The van der Waals surface area contributed by atoms with Gasteiger partial charge in [0.1, 0.15) is 0 Å². The summed E-state index contributed by atoms with van der Waals surface area (Å²) in [5.41, 5.74) is 1.00. The zero-order valence-electron chi connectivity index (χ0n) is 13.1. The number of carbonyl (C=O) groups is 2. The van der Waals surface area contributed by atoms with E-state index in [1.807, 2.05) is 13.8 Å². The van der Waals surface area contributed by atoms with E-state index in [1.54, 1.807) is 30.1 Å². The second kappa shape index (κ2) is 7.11. The van der Waals surface area contributed by atoms with Crippen LogP contribution in [0, 0.1) is 5.92 Å². The summed E-state index contributed by atoms with van der Waals surface area (Å²) in [6.45, 7) is 5.43. The second-order valence-electron chi connectivity index (χ2n) is 5.88. The monoisotopic (exact) mass is 323 g/mol. The van der Waals surface area contributed by atoms with Gasteiger partial charge in [-0.15, -0.1) is 0 Å². The van der Waals surface area contributed by atoms with Crippen LogP contribution >= 0.6 is 11.6 Å². The number of benzene rings is 1. The fourth-order valence-corrected chi connectivity index (χ4v) is 2.47. The molecule has 1 aliphatic heterocycles. The molecule has 0 saturated carbocycles. The molecule has 22 heavy (non-hydrogen) atoms. The molecular weight excluding hydrogens is 302 g/mol. The first-order valence-electron chi connectivity index (χ1n) is 7.48. The van der Waals surface area contributed by atoms with Gasteiger partial charge in [0, 0.05) is 25.2 Å². The van der Waals surface area contributed by atoms with Gasteiger partial charge in [0.25, 0.3) is 5.91 Å². The lowest BCUT2D eigenvalue weighted by Crippen LogP contribution is -2.33. The molecule has 120 valence electrons. The third-order valence-corrected chi connectivity index (χ3v) is 4.33. The zero-order valence-corrected chi connectivity index (χ0v) is 13.9. The summed E-state index contributed by atoms with van der Waals surface area (Å²) in [5.74, 6) is -0.202. The van der Waals surface area contributed by atoms with E-state index in [0.717, 1.165) is 13.0 Å². The van der Waals surface area contributed by atoms with Gasteiger partial charge < -0.3 is 15.5 Å². The van der Waals surface area contributed by atoms with Gasteiger partial charge in [-0.3, -0.25) is 9.59 Å². The Morgan fingerprint density at radius 2 is 2.14 bits per heavy atom. The summed E-state index contributed by atoms with van der Waals surface area (Å²) in [4.78, 5) is 26.2. The molecule has 2 rings (SSSR count). The average Bonchev–Trinajstić information content (AvgIpc) is 3.02. The number of anilines is 1. The smallest absolute Gasteiger partial charge is 0.253 e. The van der Waals surface area contributed by atoms with E-state index in [9.17, 15) is 9.59 Å². The lowest BCUT2D eigenvalue weighted by molar-refractivity contribution is -0.119. The molecule has 1 aromatic rings. The van der Waals surface area contributed by atoms with Crippen molar-refractivity contribution in [3.05, 3.63) is 28.8 Å². The van der Waals surface area contributed by atoms with Crippen LogP contribution in [-0.2, 0) is 4.79 Å². The van der Waals surface area contributed by atoms with Crippen LogP contribution in [0.5, 0.6) is 0 Å². The Morgan fingerprint density at radius 1 is 1.41 bits per heavy atom. The summed E-state index contributed by atoms with van der Waals surface area (Å²) >= 11 is 6.14. The molecule has 1 aromatic carbocycles. The number of rotatable bonds is 4. The highest BCUT2D eigenvalue weighted by molar-refractivity contribution is 6.33. The molecule has 1 atom stereocenters. The number of nitrogens with zero attached hydrogens (tertiary/aromatic N) is 1. The first kappa shape index (κ1) is 16.8. The predicted molar refractivity (Wildman–Crippen MR) is 88.3 cm³/mol. The maximum atomic E-state index is 12.4. The Labute approximate surface area is 136 Å². The van der Waals surface area contributed by atoms with Gasteiger partial charge in [-0.25, -0.2) is 0 Å². The van der Waals surface area contributed by atoms with E-state index < -0.39 is 0 Å². The van der Waals surface area contributed by atoms with Crippen molar-refractivity contribution in [3.8, 4) is 0 Å². The topological polar surface area (TPSA) is 61.4 Å². The number of hydrogen-bond acceptors (Lipinski definition) is 3. The summed E-state index contributed by atoms with van der Waals surface area (Å²) in [7, 11) is 1.75. The molecule has 1 saturated heterocycles. The first-order chi connectivity index (χ1) is 10.4. The van der Waals surface area contributed by atoms with Crippen LogP contribution in [-0.4, -0.2) is 42.9 Å². The van der Waals surface area contributed by atoms with Crippen molar-refractivity contribution in [3.63, 3.8) is 0 Å². The largest absolute Gasteiger partial charge is 0.339 e. The van der Waals surface area contributed by atoms with Gasteiger partial charge in [0.05, 0.1) is 16.6 Å². The molecule has 0 aliphatic carbocycles. The number of amides is 2. The average molecular weight is 324 g/mol. The molecule has 0 bridgehead atoms. The van der Waals surface area contributed by atoms with E-state index in [4.69, 9.17) is 11.6 Å². The second-order valence-corrected chi connectivity index (χ2v) is 6.29. The summed E-state index contributed by atoms with van der Waals surface area (Å²) in [6, 6.07) is 5.07. The normalized spacial score (nSPS) is 17.6. The molecule has 1 fully saturated rings. The van der Waals surface area contributed by atoms with Crippen molar-refractivity contribution >= 4 is 29.1 Å². The van der Waals surface area contributed by atoms with Gasteiger partial charge in [0.15, 0.2) is 0 Å². The zero-order chi connectivity index (χ0) is 16.3. The lowest BCUT2D eigenvalue weighted by Gasteiger charge is -2.22. The van der Waals surface area contributed by atoms with Crippen molar-refractivity contribution in [1.29, 1.82) is 0 Å². The van der Waals surface area contributed by atoms with Crippen molar-refractivity contribution in [1.82, 2.24) is 10.2 Å². The Morgan fingerprint density at radius 3 is 2.73 bits per heavy atom. The summed E-state index contributed by atoms with van der Waals surface area (Å²) < 4.78 is 0. The highest BCUT2D eigenvalue weighted by Crippen LogP contribution is 2.25. The van der Waals surface area contributed by atoms with Gasteiger partial charge in [-0.2, -0.15) is 0 Å². The van der Waals surface area contributed by atoms with Crippen molar-refractivity contribution in [2.75, 3.05) is 25.5 Å². The number of carbonyl (C=O) groups excluding carboxylic acids is 2. The lowest BCUT2D eigenvalue weighted by atomic mass is 10.1. The van der Waals surface area contributed by atoms with Crippen LogP contribution in [0.3, 0.4) is 0 Å². The predicted octanol–water partition coefficient (Wildman–Crippen LogP) is 2.37. The Bertz CT molecular complexity index is 569. The van der Waals surface area contributed by atoms with Crippen LogP contribution in [0.2, 0.25) is 5.02 Å². The van der Waals surface area contributed by atoms with Gasteiger partial charge >= 0.3 is 0 Å². The van der Waals surface area contributed by atoms with E-state index in [1.165, 1.54) is 0 Å². The SMILES string of the molecule is CC(C)N(C)C(=O)c1ccc(Cl)c(NC(=O)C2CCNC2)c1. The fourth-order valence-electron chi connectivity index (χ4n) is 2.31. The van der Waals surface area contributed by atoms with Crippen LogP contribution in [0.4, 0.5) is 5.69 Å². The van der Waals surface area contributed by atoms with Crippen molar-refractivity contribution < 1.29 is 9.59 Å². The minimum absolute atomic E-state index is 0.0474. The van der Waals surface area contributed by atoms with E-state index in [0.29, 0.717) is 22.8 Å². The molecular formula is C16H22ClN3O2. The van der Waals surface area contributed by atoms with E-state index in [-0.39, 0.29) is 23.8 Å². The standard InChI is InChI=1S/C16H22ClN3O2/c1-10(2)20(3)16(22)11-4-5-13(17)14(8-11)19-15(21)12-6-7-18-9-12/h4-5,8,10,12,18H,6-7,9H2,1-3H3,(H,19,21). The van der Waals surface area contributed by atoms with E-state index >= 15 is 0 Å². The number of nitrogens with one attached hydrogen (secondary N) is 2. The molecule has 1 heterocycles. The van der Waals surface area contributed by atoms with Crippen molar-refractivity contribution in [2.45, 2.75) is 26.3 Å². The molecule has 1 unspecified atom stereocenters. The Hall–Kier alpha value is -1.59. The van der Waals surface area contributed by atoms with E-state index in [2.05, 4.69) is 10.6 Å². The molecule has 1 aliphatic rings. The minimum Gasteiger partial charge on any atom is -0.339 e. The molecule has 0 aromatic heterocycles. The van der Waals surface area contributed by atoms with Gasteiger partial charge in [-0.1, -0.05) is 11.6 Å². The number of hydrogen-bond donors (Lipinski definition) is 2. The summed E-state index contributed by atoms with van der Waals surface area (Å²) in [5, 5.41) is 6.42. The Kier molecular flexibility index (Phi) is 5.42. The van der Waals surface area contributed by atoms with Crippen LogP contribution in [0.15, 0.2) is 18.2 Å². The van der Waals surface area contributed by atoms with Crippen LogP contribution in [0.1, 0.15) is 30.6 Å². The van der Waals surface area contributed by atoms with Crippen molar-refractivity contribution in [2.24, 2.45) is 5.92 Å². The quantitative estimate of drug-likeness (QED) is 0.894. The maximum Gasteiger partial charge on any atom is 0.253 e. The highest BCUT2D eigenvalue weighted by atomic mass is 35.5. The fraction of sp³-hybridized carbons (Fsp3) is 0.500. The van der Waals surface area contributed by atoms with Crippen LogP contribution in [0.25, 0.3) is 0 Å². The third kappa shape index (κ3) is 3.78. The molecule has 6 heteroatoms. The molecule has 0 radical (unpaired) electrons. The number of halogens is 1. The summed E-state index contributed by atoms with van der Waals surface area (Å²) in [6.07, 6.45) is 0.818. The first-order valence-corrected chi connectivity index (χ1v) is 7.86. The molecule has 0 spiro atoms.